The van der Waals surface area contributed by atoms with Crippen LogP contribution in [0.2, 0.25) is 0 Å². The van der Waals surface area contributed by atoms with Gasteiger partial charge in [0.2, 0.25) is 0 Å². The summed E-state index contributed by atoms with van der Waals surface area (Å²) in [5.41, 5.74) is 0. The number of carbonyl (C=O) groups excluding carboxylic acids is 1. The fraction of sp³-hybridized carbons (Fsp3) is 0.625. The summed E-state index contributed by atoms with van der Waals surface area (Å²) in [4.78, 5) is 10.4. The second-order valence-corrected chi connectivity index (χ2v) is 5.35. The van der Waals surface area contributed by atoms with Crippen molar-refractivity contribution in [1.29, 1.82) is 0 Å². The predicted molar refractivity (Wildman–Crippen MR) is 48.7 cm³/mol. The third-order valence-corrected chi connectivity index (χ3v) is 3.21. The van der Waals surface area contributed by atoms with Crippen LogP contribution in [0.15, 0.2) is 12.2 Å². The van der Waals surface area contributed by atoms with Crippen molar-refractivity contribution in [3.8, 4) is 0 Å². The quantitative estimate of drug-likeness (QED) is 0.620. The molecule has 0 rings (SSSR count). The monoisotopic (exact) mass is 190 g/mol. The summed E-state index contributed by atoms with van der Waals surface area (Å²) in [6, 6.07) is 0. The minimum absolute atomic E-state index is 0.0595. The highest BCUT2D eigenvalue weighted by Crippen LogP contribution is 2.03. The van der Waals surface area contributed by atoms with Gasteiger partial charge in [0.15, 0.2) is 5.78 Å². The molecular formula is C8H14O3S. The Labute approximate surface area is 73.4 Å². The van der Waals surface area contributed by atoms with Crippen LogP contribution in [0.3, 0.4) is 0 Å². The zero-order valence-corrected chi connectivity index (χ0v) is 8.39. The molecule has 0 N–H and O–H groups in total. The molecule has 0 saturated heterocycles. The Balaban J connectivity index is 4.05. The highest BCUT2D eigenvalue weighted by molar-refractivity contribution is 7.91. The fourth-order valence-corrected chi connectivity index (χ4v) is 1.06. The van der Waals surface area contributed by atoms with E-state index < -0.39 is 15.1 Å². The first kappa shape index (κ1) is 11.4. The molecule has 0 aliphatic rings. The Bertz CT molecular complexity index is 275. The van der Waals surface area contributed by atoms with Crippen LogP contribution in [-0.4, -0.2) is 25.7 Å². The molecule has 3 nitrogen and oxygen atoms in total. The van der Waals surface area contributed by atoms with Crippen molar-refractivity contribution in [3.63, 3.8) is 0 Å². The Morgan fingerprint density at radius 2 is 2.00 bits per heavy atom. The van der Waals surface area contributed by atoms with Gasteiger partial charge in [-0.15, -0.1) is 0 Å². The van der Waals surface area contributed by atoms with E-state index >= 15 is 0 Å². The van der Waals surface area contributed by atoms with Crippen LogP contribution < -0.4 is 0 Å². The lowest BCUT2D eigenvalue weighted by atomic mass is 10.3. The standard InChI is InChI=1S/C8H14O3S/c1-7(9)5-4-6-8(2)12(3,10)11/h4-5,8H,6H2,1-3H3/b5-4+. The Hall–Kier alpha value is -0.640. The lowest BCUT2D eigenvalue weighted by Crippen LogP contribution is -2.14. The second kappa shape index (κ2) is 4.40. The summed E-state index contributed by atoms with van der Waals surface area (Å²) >= 11 is 0. The molecule has 0 bridgehead atoms. The third-order valence-electron chi connectivity index (χ3n) is 1.55. The summed E-state index contributed by atoms with van der Waals surface area (Å²) in [7, 11) is -2.96. The SMILES string of the molecule is CC(=O)/C=C/CC(C)S(C)(=O)=O. The summed E-state index contributed by atoms with van der Waals surface area (Å²) in [5, 5.41) is -0.409. The maximum atomic E-state index is 10.9. The maximum Gasteiger partial charge on any atom is 0.152 e. The van der Waals surface area contributed by atoms with Crippen LogP contribution in [0.25, 0.3) is 0 Å². The Kier molecular flexibility index (Phi) is 4.17. The van der Waals surface area contributed by atoms with E-state index in [0.29, 0.717) is 6.42 Å². The van der Waals surface area contributed by atoms with Crippen molar-refractivity contribution in [2.24, 2.45) is 0 Å². The molecule has 0 radical (unpaired) electrons. The Morgan fingerprint density at radius 3 is 2.33 bits per heavy atom. The highest BCUT2D eigenvalue weighted by atomic mass is 32.2. The van der Waals surface area contributed by atoms with Gasteiger partial charge in [-0.2, -0.15) is 0 Å². The van der Waals surface area contributed by atoms with Crippen molar-refractivity contribution in [2.75, 3.05) is 6.26 Å². The highest BCUT2D eigenvalue weighted by Gasteiger charge is 2.11. The number of carbonyl (C=O) groups is 1. The molecule has 0 heterocycles. The number of ketones is 1. The van der Waals surface area contributed by atoms with Gasteiger partial charge in [-0.1, -0.05) is 6.08 Å². The Morgan fingerprint density at radius 1 is 1.50 bits per heavy atom. The van der Waals surface area contributed by atoms with Crippen LogP contribution in [0.5, 0.6) is 0 Å². The lowest BCUT2D eigenvalue weighted by Gasteiger charge is -2.03. The van der Waals surface area contributed by atoms with Gasteiger partial charge in [-0.3, -0.25) is 4.79 Å². The van der Waals surface area contributed by atoms with Crippen molar-refractivity contribution in [2.45, 2.75) is 25.5 Å². The number of rotatable bonds is 4. The molecule has 0 amide bonds. The van der Waals surface area contributed by atoms with Crippen molar-refractivity contribution in [1.82, 2.24) is 0 Å². The largest absolute Gasteiger partial charge is 0.295 e. The van der Waals surface area contributed by atoms with E-state index in [9.17, 15) is 13.2 Å². The molecule has 0 aliphatic heterocycles. The van der Waals surface area contributed by atoms with Crippen molar-refractivity contribution in [3.05, 3.63) is 12.2 Å². The number of hydrogen-bond donors (Lipinski definition) is 0. The van der Waals surface area contributed by atoms with Gasteiger partial charge in [-0.05, 0) is 26.3 Å². The van der Waals surface area contributed by atoms with Gasteiger partial charge >= 0.3 is 0 Å². The van der Waals surface area contributed by atoms with Crippen LogP contribution in [0.4, 0.5) is 0 Å². The van der Waals surface area contributed by atoms with E-state index in [2.05, 4.69) is 0 Å². The number of hydrogen-bond acceptors (Lipinski definition) is 3. The number of allylic oxidation sites excluding steroid dienone is 2. The zero-order chi connectivity index (χ0) is 9.78. The topological polar surface area (TPSA) is 51.2 Å². The minimum Gasteiger partial charge on any atom is -0.295 e. The van der Waals surface area contributed by atoms with Crippen LogP contribution in [0, 0.1) is 0 Å². The average molecular weight is 190 g/mol. The van der Waals surface area contributed by atoms with E-state index in [1.807, 2.05) is 0 Å². The molecule has 0 spiro atoms. The zero-order valence-electron chi connectivity index (χ0n) is 7.57. The molecule has 4 heteroatoms. The van der Waals surface area contributed by atoms with Gasteiger partial charge in [-0.25, -0.2) is 8.42 Å². The van der Waals surface area contributed by atoms with E-state index in [4.69, 9.17) is 0 Å². The molecule has 1 unspecified atom stereocenters. The number of sulfone groups is 1. The second-order valence-electron chi connectivity index (χ2n) is 2.89. The van der Waals surface area contributed by atoms with Crippen LogP contribution in [-0.2, 0) is 14.6 Å². The molecule has 0 aliphatic carbocycles. The van der Waals surface area contributed by atoms with E-state index in [1.165, 1.54) is 19.3 Å². The van der Waals surface area contributed by atoms with Gasteiger partial charge in [0.05, 0.1) is 5.25 Å². The molecule has 0 fully saturated rings. The van der Waals surface area contributed by atoms with Gasteiger partial charge in [0.25, 0.3) is 0 Å². The normalized spacial score (nSPS) is 14.9. The van der Waals surface area contributed by atoms with Gasteiger partial charge < -0.3 is 0 Å². The molecule has 0 aromatic carbocycles. The molecule has 0 aromatic heterocycles. The molecule has 12 heavy (non-hydrogen) atoms. The predicted octanol–water partition coefficient (Wildman–Crippen LogP) is 0.955. The van der Waals surface area contributed by atoms with Crippen molar-refractivity contribution < 1.29 is 13.2 Å². The average Bonchev–Trinajstić information content (AvgIpc) is 1.84. The van der Waals surface area contributed by atoms with Gasteiger partial charge in [0, 0.05) is 6.26 Å². The third kappa shape index (κ3) is 5.07. The summed E-state index contributed by atoms with van der Waals surface area (Å²) in [5.74, 6) is -0.0595. The summed E-state index contributed by atoms with van der Waals surface area (Å²) in [6.07, 6.45) is 4.58. The molecule has 0 saturated carbocycles. The smallest absolute Gasteiger partial charge is 0.152 e. The van der Waals surface area contributed by atoms with Crippen LogP contribution >= 0.6 is 0 Å². The molecule has 0 aromatic rings. The molecule has 1 atom stereocenters. The fourth-order valence-electron chi connectivity index (χ4n) is 0.600. The molecule has 70 valence electrons. The first-order valence-corrected chi connectivity index (χ1v) is 5.65. The first-order valence-electron chi connectivity index (χ1n) is 3.70. The van der Waals surface area contributed by atoms with E-state index in [1.54, 1.807) is 13.0 Å². The van der Waals surface area contributed by atoms with Crippen molar-refractivity contribution >= 4 is 15.6 Å². The van der Waals surface area contributed by atoms with Gasteiger partial charge in [0.1, 0.15) is 9.84 Å². The van der Waals surface area contributed by atoms with E-state index in [0.717, 1.165) is 0 Å². The first-order chi connectivity index (χ1) is 5.34. The van der Waals surface area contributed by atoms with E-state index in [-0.39, 0.29) is 5.78 Å². The summed E-state index contributed by atoms with van der Waals surface area (Å²) < 4.78 is 21.8. The lowest BCUT2D eigenvalue weighted by molar-refractivity contribution is -0.112. The van der Waals surface area contributed by atoms with Crippen LogP contribution in [0.1, 0.15) is 20.3 Å². The minimum atomic E-state index is -2.96. The summed E-state index contributed by atoms with van der Waals surface area (Å²) in [6.45, 7) is 3.06. The maximum absolute atomic E-state index is 10.9. The molecular weight excluding hydrogens is 176 g/mol.